The highest BCUT2D eigenvalue weighted by Gasteiger charge is 2.23. The van der Waals surface area contributed by atoms with E-state index in [2.05, 4.69) is 20.7 Å². The number of rotatable bonds is 5. The summed E-state index contributed by atoms with van der Waals surface area (Å²) in [5, 5.41) is 0.889. The van der Waals surface area contributed by atoms with Crippen molar-refractivity contribution in [3.8, 4) is 0 Å². The van der Waals surface area contributed by atoms with Crippen molar-refractivity contribution in [2.75, 3.05) is 11.3 Å². The molecule has 0 saturated carbocycles. The maximum Gasteiger partial charge on any atom is 0.342 e. The number of aryl methyl sites for hydroxylation is 1. The average molecular weight is 473 g/mol. The van der Waals surface area contributed by atoms with Crippen molar-refractivity contribution in [3.05, 3.63) is 57.2 Å². The van der Waals surface area contributed by atoms with E-state index in [4.69, 9.17) is 20.8 Å². The van der Waals surface area contributed by atoms with Crippen LogP contribution >= 0.6 is 27.5 Å². The fourth-order valence-corrected chi connectivity index (χ4v) is 4.33. The van der Waals surface area contributed by atoms with Crippen LogP contribution in [0.4, 0.5) is 5.69 Å². The molecule has 0 fully saturated rings. The monoisotopic (exact) mass is 471 g/mol. The number of esters is 1. The molecule has 0 saturated heterocycles. The van der Waals surface area contributed by atoms with Gasteiger partial charge in [0.1, 0.15) is 16.9 Å². The van der Waals surface area contributed by atoms with E-state index in [1.807, 2.05) is 0 Å². The molecule has 3 aromatic rings. The molecule has 0 radical (unpaired) electrons. The first kappa shape index (κ1) is 19.7. The van der Waals surface area contributed by atoms with E-state index < -0.39 is 16.0 Å². The average Bonchev–Trinajstić information content (AvgIpc) is 2.92. The molecule has 0 amide bonds. The highest BCUT2D eigenvalue weighted by molar-refractivity contribution is 9.10. The number of halogens is 2. The van der Waals surface area contributed by atoms with E-state index in [0.29, 0.717) is 26.2 Å². The second-order valence-corrected chi connectivity index (χ2v) is 8.62. The highest BCUT2D eigenvalue weighted by Crippen LogP contribution is 2.35. The van der Waals surface area contributed by atoms with Crippen molar-refractivity contribution in [2.24, 2.45) is 0 Å². The Morgan fingerprint density at radius 2 is 1.93 bits per heavy atom. The van der Waals surface area contributed by atoms with Crippen LogP contribution in [0.25, 0.3) is 11.0 Å². The molecule has 0 aliphatic heterocycles. The number of benzene rings is 2. The van der Waals surface area contributed by atoms with E-state index in [-0.39, 0.29) is 22.8 Å². The molecule has 1 heterocycles. The standard InChI is InChI=1S/C18H15BrClNO5S/c1-3-25-18(22)16-10(2)26-17-14(16)8-12(9-15(17)19)21-27(23,24)13-6-4-11(20)5-7-13/h4-9,21H,3H2,1-2H3. The number of hydrogen-bond donors (Lipinski definition) is 1. The fourth-order valence-electron chi connectivity index (χ4n) is 2.62. The number of sulfonamides is 1. The molecule has 0 spiro atoms. The van der Waals surface area contributed by atoms with Crippen LogP contribution in [-0.2, 0) is 14.8 Å². The highest BCUT2D eigenvalue weighted by atomic mass is 79.9. The Morgan fingerprint density at radius 3 is 2.56 bits per heavy atom. The minimum absolute atomic E-state index is 0.0668. The lowest BCUT2D eigenvalue weighted by molar-refractivity contribution is 0.0526. The van der Waals surface area contributed by atoms with Gasteiger partial charge < -0.3 is 9.15 Å². The van der Waals surface area contributed by atoms with E-state index in [0.717, 1.165) is 0 Å². The van der Waals surface area contributed by atoms with Crippen molar-refractivity contribution >= 4 is 60.2 Å². The largest absolute Gasteiger partial charge is 0.462 e. The van der Waals surface area contributed by atoms with Crippen molar-refractivity contribution in [1.29, 1.82) is 0 Å². The minimum atomic E-state index is -3.83. The predicted molar refractivity (Wildman–Crippen MR) is 107 cm³/mol. The van der Waals surface area contributed by atoms with Gasteiger partial charge in [-0.05, 0) is 66.2 Å². The van der Waals surface area contributed by atoms with Gasteiger partial charge in [0.05, 0.1) is 21.7 Å². The van der Waals surface area contributed by atoms with E-state index in [9.17, 15) is 13.2 Å². The Balaban J connectivity index is 2.06. The normalized spacial score (nSPS) is 11.6. The molecule has 0 aliphatic carbocycles. The molecular formula is C18H15BrClNO5S. The Bertz CT molecular complexity index is 1120. The minimum Gasteiger partial charge on any atom is -0.462 e. The molecule has 0 atom stereocenters. The smallest absolute Gasteiger partial charge is 0.342 e. The van der Waals surface area contributed by atoms with Gasteiger partial charge in [0.2, 0.25) is 0 Å². The summed E-state index contributed by atoms with van der Waals surface area (Å²) in [6, 6.07) is 8.90. The SMILES string of the molecule is CCOC(=O)c1c(C)oc2c(Br)cc(NS(=O)(=O)c3ccc(Cl)cc3)cc12. The number of carbonyl (C=O) groups is 1. The third-order valence-corrected chi connectivity index (χ3v) is 6.01. The van der Waals surface area contributed by atoms with Crippen molar-refractivity contribution < 1.29 is 22.4 Å². The zero-order valence-electron chi connectivity index (χ0n) is 14.4. The molecule has 2 aromatic carbocycles. The molecule has 0 aliphatic rings. The predicted octanol–water partition coefficient (Wildman–Crippen LogP) is 5.13. The Labute approximate surface area is 169 Å². The maximum absolute atomic E-state index is 12.6. The fraction of sp³-hybridized carbons (Fsp3) is 0.167. The molecule has 9 heteroatoms. The van der Waals surface area contributed by atoms with Gasteiger partial charge in [-0.1, -0.05) is 11.6 Å². The van der Waals surface area contributed by atoms with Crippen LogP contribution in [0.3, 0.4) is 0 Å². The summed E-state index contributed by atoms with van der Waals surface area (Å²) in [4.78, 5) is 12.3. The van der Waals surface area contributed by atoms with E-state index in [1.54, 1.807) is 19.9 Å². The van der Waals surface area contributed by atoms with Gasteiger partial charge in [0.15, 0.2) is 0 Å². The van der Waals surface area contributed by atoms with Gasteiger partial charge in [-0.15, -0.1) is 0 Å². The van der Waals surface area contributed by atoms with Crippen molar-refractivity contribution in [3.63, 3.8) is 0 Å². The van der Waals surface area contributed by atoms with Crippen LogP contribution in [0, 0.1) is 6.92 Å². The number of nitrogens with one attached hydrogen (secondary N) is 1. The van der Waals surface area contributed by atoms with Gasteiger partial charge in [-0.2, -0.15) is 0 Å². The maximum atomic E-state index is 12.6. The summed E-state index contributed by atoms with van der Waals surface area (Å²) in [5.41, 5.74) is 0.973. The number of anilines is 1. The summed E-state index contributed by atoms with van der Waals surface area (Å²) in [5.74, 6) is -0.139. The summed E-state index contributed by atoms with van der Waals surface area (Å²) in [7, 11) is -3.83. The van der Waals surface area contributed by atoms with Gasteiger partial charge in [-0.3, -0.25) is 4.72 Å². The van der Waals surface area contributed by atoms with Gasteiger partial charge >= 0.3 is 5.97 Å². The molecule has 142 valence electrons. The Morgan fingerprint density at radius 1 is 1.26 bits per heavy atom. The zero-order valence-corrected chi connectivity index (χ0v) is 17.5. The lowest BCUT2D eigenvalue weighted by atomic mass is 10.1. The van der Waals surface area contributed by atoms with Gasteiger partial charge in [0, 0.05) is 10.4 Å². The van der Waals surface area contributed by atoms with Crippen LogP contribution in [0.5, 0.6) is 0 Å². The van der Waals surface area contributed by atoms with Gasteiger partial charge in [0.25, 0.3) is 10.0 Å². The lowest BCUT2D eigenvalue weighted by Crippen LogP contribution is -2.13. The first-order valence-corrected chi connectivity index (χ1v) is 10.6. The van der Waals surface area contributed by atoms with Crippen LogP contribution < -0.4 is 4.72 Å². The molecule has 0 bridgehead atoms. The summed E-state index contributed by atoms with van der Waals surface area (Å²) >= 11 is 9.17. The van der Waals surface area contributed by atoms with E-state index in [1.165, 1.54) is 30.3 Å². The topological polar surface area (TPSA) is 85.6 Å². The first-order valence-electron chi connectivity index (χ1n) is 7.91. The van der Waals surface area contributed by atoms with E-state index >= 15 is 0 Å². The molecule has 1 aromatic heterocycles. The summed E-state index contributed by atoms with van der Waals surface area (Å²) in [6.07, 6.45) is 0. The third kappa shape index (κ3) is 3.97. The summed E-state index contributed by atoms with van der Waals surface area (Å²) < 4.78 is 38.9. The number of fused-ring (bicyclic) bond motifs is 1. The number of hydrogen-bond acceptors (Lipinski definition) is 5. The molecule has 6 nitrogen and oxygen atoms in total. The summed E-state index contributed by atoms with van der Waals surface area (Å²) in [6.45, 7) is 3.57. The zero-order chi connectivity index (χ0) is 19.8. The van der Waals surface area contributed by atoms with Crippen LogP contribution in [-0.4, -0.2) is 21.0 Å². The first-order chi connectivity index (χ1) is 12.7. The molecule has 0 unspecified atom stereocenters. The number of furan rings is 1. The molecule has 3 rings (SSSR count). The second kappa shape index (κ2) is 7.53. The van der Waals surface area contributed by atoms with Crippen molar-refractivity contribution in [2.45, 2.75) is 18.7 Å². The Hall–Kier alpha value is -2.03. The number of ether oxygens (including phenoxy) is 1. The quantitative estimate of drug-likeness (QED) is 0.520. The number of carbonyl (C=O) groups excluding carboxylic acids is 1. The Kier molecular flexibility index (Phi) is 5.50. The van der Waals surface area contributed by atoms with Crippen LogP contribution in [0.15, 0.2) is 50.2 Å². The molecular weight excluding hydrogens is 458 g/mol. The molecule has 1 N–H and O–H groups in total. The lowest BCUT2D eigenvalue weighted by Gasteiger charge is -2.09. The molecule has 27 heavy (non-hydrogen) atoms. The van der Waals surface area contributed by atoms with Gasteiger partial charge in [-0.25, -0.2) is 13.2 Å². The van der Waals surface area contributed by atoms with Crippen LogP contribution in [0.1, 0.15) is 23.0 Å². The second-order valence-electron chi connectivity index (χ2n) is 5.65. The third-order valence-electron chi connectivity index (χ3n) is 3.78. The van der Waals surface area contributed by atoms with Crippen LogP contribution in [0.2, 0.25) is 5.02 Å². The van der Waals surface area contributed by atoms with Crippen molar-refractivity contribution in [1.82, 2.24) is 0 Å².